The number of hydrogen-bond acceptors (Lipinski definition) is 5. The maximum absolute atomic E-state index is 12.7. The summed E-state index contributed by atoms with van der Waals surface area (Å²) >= 11 is 0. The molecule has 3 N–H and O–H groups in total. The monoisotopic (exact) mass is 667 g/mol. The Hall–Kier alpha value is -1.80. The van der Waals surface area contributed by atoms with Gasteiger partial charge in [0.05, 0.1) is 39.9 Å². The van der Waals surface area contributed by atoms with E-state index in [0.29, 0.717) is 17.4 Å². The smallest absolute Gasteiger partial charge is 0.387 e. The van der Waals surface area contributed by atoms with Crippen LogP contribution in [0.3, 0.4) is 0 Å². The molecular weight excluding hydrogens is 599 g/mol. The number of carbonyl (C=O) groups is 1. The molecule has 0 radical (unpaired) electrons. The summed E-state index contributed by atoms with van der Waals surface area (Å²) in [6.45, 7) is 4.58. The molecule has 46 heavy (non-hydrogen) atoms. The maximum Gasteiger partial charge on any atom is 0.472 e. The Morgan fingerprint density at radius 2 is 1.33 bits per heavy atom. The highest BCUT2D eigenvalue weighted by Crippen LogP contribution is 2.43. The molecule has 0 aliphatic carbocycles. The summed E-state index contributed by atoms with van der Waals surface area (Å²) in [6, 6.07) is -0.877. The molecule has 0 saturated heterocycles. The first-order valence-electron chi connectivity index (χ1n) is 17.7. The normalized spacial score (nSPS) is 15.5. The number of aliphatic hydroxyl groups excluding tert-OH is 1. The number of aliphatic hydroxyl groups is 1. The van der Waals surface area contributed by atoms with Crippen molar-refractivity contribution in [2.24, 2.45) is 0 Å². The standard InChI is InChI=1S/C37H67N2O6P/c1-6-8-10-12-14-16-18-19-21-23-25-27-29-31-37(41)38-35(34-45-46(42,43)44-33-32-39(3,4)5)36(40)30-28-26-24-22-20-17-15-13-11-9-7-2/h8,10,14,16,19-22,28,30,35-36,40H,6-7,9,11-13,15,17-18,23-27,29,31-34H2,1-5H3,(H-,38,41,42,43)/p+1/b10-8-,16-14-,21-19-,22-20+,30-28+. The molecule has 0 spiro atoms. The number of carbonyl (C=O) groups excluding carboxylic acids is 1. The summed E-state index contributed by atoms with van der Waals surface area (Å²) < 4.78 is 23.3. The van der Waals surface area contributed by atoms with Gasteiger partial charge in [-0.25, -0.2) is 4.57 Å². The van der Waals surface area contributed by atoms with Crippen molar-refractivity contribution in [2.45, 2.75) is 129 Å². The molecule has 3 unspecified atom stereocenters. The summed E-state index contributed by atoms with van der Waals surface area (Å²) in [7, 11) is 1.52. The fourth-order valence-corrected chi connectivity index (χ4v) is 5.10. The lowest BCUT2D eigenvalue weighted by Gasteiger charge is -2.25. The van der Waals surface area contributed by atoms with Crippen molar-refractivity contribution in [3.63, 3.8) is 0 Å². The zero-order valence-corrected chi connectivity index (χ0v) is 30.7. The van der Waals surface area contributed by atoms with E-state index in [2.05, 4.69) is 67.8 Å². The number of likely N-dealkylation sites (N-methyl/N-ethyl adjacent to an activating group) is 1. The number of phosphoric acid groups is 1. The maximum atomic E-state index is 12.7. The van der Waals surface area contributed by atoms with Crippen LogP contribution in [0.2, 0.25) is 0 Å². The zero-order valence-electron chi connectivity index (χ0n) is 29.8. The zero-order chi connectivity index (χ0) is 34.4. The van der Waals surface area contributed by atoms with Crippen LogP contribution in [0.25, 0.3) is 0 Å². The number of unbranched alkanes of at least 4 members (excludes halogenated alkanes) is 9. The van der Waals surface area contributed by atoms with Crippen LogP contribution in [0.1, 0.15) is 117 Å². The third-order valence-electron chi connectivity index (χ3n) is 7.22. The van der Waals surface area contributed by atoms with Crippen molar-refractivity contribution < 1.29 is 32.9 Å². The third-order valence-corrected chi connectivity index (χ3v) is 8.21. The second-order valence-corrected chi connectivity index (χ2v) is 14.3. The van der Waals surface area contributed by atoms with E-state index in [1.54, 1.807) is 6.08 Å². The molecule has 0 aliphatic heterocycles. The summed E-state index contributed by atoms with van der Waals surface area (Å²) in [4.78, 5) is 22.9. The molecule has 0 heterocycles. The first-order valence-corrected chi connectivity index (χ1v) is 19.2. The van der Waals surface area contributed by atoms with Gasteiger partial charge in [-0.05, 0) is 64.2 Å². The van der Waals surface area contributed by atoms with Crippen LogP contribution in [0, 0.1) is 0 Å². The highest BCUT2D eigenvalue weighted by molar-refractivity contribution is 7.47. The van der Waals surface area contributed by atoms with E-state index in [1.165, 1.54) is 32.1 Å². The number of quaternary nitrogens is 1. The molecule has 0 bridgehead atoms. The quantitative estimate of drug-likeness (QED) is 0.0306. The van der Waals surface area contributed by atoms with E-state index in [9.17, 15) is 19.4 Å². The highest BCUT2D eigenvalue weighted by Gasteiger charge is 2.27. The van der Waals surface area contributed by atoms with Crippen LogP contribution in [0.5, 0.6) is 0 Å². The average Bonchev–Trinajstić information content (AvgIpc) is 2.99. The number of nitrogens with one attached hydrogen (secondary N) is 1. The SMILES string of the molecule is CC/C=C\C/C=C\C/C=C\CCCCCC(=O)NC(COP(=O)(O)OCC[N+](C)(C)C)C(O)/C=C/CC/C=C/CCCCCCC. The Kier molecular flexibility index (Phi) is 28.2. The van der Waals surface area contributed by atoms with E-state index in [0.717, 1.165) is 64.2 Å². The molecule has 3 atom stereocenters. The first-order chi connectivity index (χ1) is 22.0. The number of rotatable bonds is 30. The second kappa shape index (κ2) is 29.3. The van der Waals surface area contributed by atoms with Gasteiger partial charge in [-0.15, -0.1) is 0 Å². The molecule has 0 fully saturated rings. The average molecular weight is 668 g/mol. The van der Waals surface area contributed by atoms with Gasteiger partial charge in [0.2, 0.25) is 5.91 Å². The molecule has 8 nitrogen and oxygen atoms in total. The van der Waals surface area contributed by atoms with Crippen LogP contribution in [0.4, 0.5) is 0 Å². The lowest BCUT2D eigenvalue weighted by molar-refractivity contribution is -0.870. The Morgan fingerprint density at radius 3 is 1.98 bits per heavy atom. The molecule has 266 valence electrons. The minimum absolute atomic E-state index is 0.0472. The minimum Gasteiger partial charge on any atom is -0.387 e. The Labute approximate surface area is 281 Å². The molecule has 0 aromatic carbocycles. The molecule has 0 aliphatic rings. The molecule has 1 amide bonds. The van der Waals surface area contributed by atoms with Crippen molar-refractivity contribution in [1.82, 2.24) is 5.32 Å². The van der Waals surface area contributed by atoms with Crippen LogP contribution in [-0.4, -0.2) is 73.4 Å². The van der Waals surface area contributed by atoms with Crippen LogP contribution in [0.15, 0.2) is 60.8 Å². The summed E-state index contributed by atoms with van der Waals surface area (Å²) in [6.07, 6.45) is 35.8. The van der Waals surface area contributed by atoms with Gasteiger partial charge in [0, 0.05) is 6.42 Å². The van der Waals surface area contributed by atoms with Crippen LogP contribution < -0.4 is 5.32 Å². The molecule has 9 heteroatoms. The van der Waals surface area contributed by atoms with Crippen molar-refractivity contribution >= 4 is 13.7 Å². The molecule has 0 rings (SSSR count). The first kappa shape index (κ1) is 44.2. The Balaban J connectivity index is 4.71. The van der Waals surface area contributed by atoms with Crippen LogP contribution in [-0.2, 0) is 18.4 Å². The fourth-order valence-electron chi connectivity index (χ4n) is 4.36. The Morgan fingerprint density at radius 1 is 0.761 bits per heavy atom. The van der Waals surface area contributed by atoms with Gasteiger partial charge in [-0.2, -0.15) is 0 Å². The summed E-state index contributed by atoms with van der Waals surface area (Å²) in [5.41, 5.74) is 0. The largest absolute Gasteiger partial charge is 0.472 e. The third kappa shape index (κ3) is 30.8. The lowest BCUT2D eigenvalue weighted by atomic mass is 10.1. The van der Waals surface area contributed by atoms with E-state index >= 15 is 0 Å². The van der Waals surface area contributed by atoms with Gasteiger partial charge >= 0.3 is 7.82 Å². The van der Waals surface area contributed by atoms with E-state index < -0.39 is 20.0 Å². The minimum atomic E-state index is -4.34. The van der Waals surface area contributed by atoms with Crippen molar-refractivity contribution in [2.75, 3.05) is 40.9 Å². The van der Waals surface area contributed by atoms with E-state index in [4.69, 9.17) is 9.05 Å². The number of nitrogens with zero attached hydrogens (tertiary/aromatic N) is 1. The molecule has 0 saturated carbocycles. The second-order valence-electron chi connectivity index (χ2n) is 12.8. The number of hydrogen-bond donors (Lipinski definition) is 3. The van der Waals surface area contributed by atoms with Gasteiger partial charge in [0.1, 0.15) is 13.2 Å². The van der Waals surface area contributed by atoms with Gasteiger partial charge in [-0.1, -0.05) is 107 Å². The Bertz CT molecular complexity index is 939. The van der Waals surface area contributed by atoms with E-state index in [-0.39, 0.29) is 19.1 Å². The fraction of sp³-hybridized carbons (Fsp3) is 0.703. The molecule has 0 aromatic heterocycles. The number of amides is 1. The van der Waals surface area contributed by atoms with Gasteiger partial charge < -0.3 is 19.8 Å². The predicted molar refractivity (Wildman–Crippen MR) is 193 cm³/mol. The molecular formula is C37H68N2O6P+. The van der Waals surface area contributed by atoms with Gasteiger partial charge in [0.15, 0.2) is 0 Å². The van der Waals surface area contributed by atoms with Crippen LogP contribution >= 0.6 is 7.82 Å². The lowest BCUT2D eigenvalue weighted by Crippen LogP contribution is -2.45. The van der Waals surface area contributed by atoms with Crippen molar-refractivity contribution in [3.8, 4) is 0 Å². The van der Waals surface area contributed by atoms with E-state index in [1.807, 2.05) is 27.2 Å². The van der Waals surface area contributed by atoms with Gasteiger partial charge in [-0.3, -0.25) is 13.8 Å². The predicted octanol–water partition coefficient (Wildman–Crippen LogP) is 8.73. The topological polar surface area (TPSA) is 105 Å². The highest BCUT2D eigenvalue weighted by atomic mass is 31.2. The number of allylic oxidation sites excluding steroid dienone is 9. The van der Waals surface area contributed by atoms with Gasteiger partial charge in [0.25, 0.3) is 0 Å². The van der Waals surface area contributed by atoms with Crippen molar-refractivity contribution in [1.29, 1.82) is 0 Å². The molecule has 0 aromatic rings. The summed E-state index contributed by atoms with van der Waals surface area (Å²) in [5.74, 6) is -0.223. The summed E-state index contributed by atoms with van der Waals surface area (Å²) in [5, 5.41) is 13.6. The number of phosphoric ester groups is 1. The van der Waals surface area contributed by atoms with Crippen molar-refractivity contribution in [3.05, 3.63) is 60.8 Å².